The Morgan fingerprint density at radius 3 is 2.53 bits per heavy atom. The second-order valence-corrected chi connectivity index (χ2v) is 15.8. The van der Waals surface area contributed by atoms with Gasteiger partial charge in [-0.15, -0.1) is 10.2 Å². The van der Waals surface area contributed by atoms with Gasteiger partial charge in [0.15, 0.2) is 5.82 Å². The minimum absolute atomic E-state index is 0.0272. The summed E-state index contributed by atoms with van der Waals surface area (Å²) in [4.78, 5) is 30.0. The molecule has 3 aromatic rings. The number of fused-ring (bicyclic) bond motifs is 1. The Morgan fingerprint density at radius 2 is 1.81 bits per heavy atom. The second-order valence-electron chi connectivity index (χ2n) is 15.8. The van der Waals surface area contributed by atoms with Gasteiger partial charge in [-0.1, -0.05) is 0 Å². The van der Waals surface area contributed by atoms with E-state index >= 15 is 0 Å². The Morgan fingerprint density at radius 1 is 1.04 bits per heavy atom. The zero-order valence-corrected chi connectivity index (χ0v) is 29.9. The molecule has 5 aliphatic rings. The first-order valence-electron chi connectivity index (χ1n) is 18.3. The SMILES string of the molecule is CC(C)N(CC(F)(F)F)C(=O)c1cc(F)ccc1Oc1nncnc1N1CC2(CC(Oc3ccnc4c3CN(CCCN3CC5(COC5)C3)CC4)C2)C1. The highest BCUT2D eigenvalue weighted by molar-refractivity contribution is 5.97. The van der Waals surface area contributed by atoms with Crippen molar-refractivity contribution in [3.8, 4) is 17.4 Å². The lowest BCUT2D eigenvalue weighted by molar-refractivity contribution is -0.188. The fourth-order valence-electron chi connectivity index (χ4n) is 8.50. The van der Waals surface area contributed by atoms with Gasteiger partial charge in [-0.05, 0) is 70.5 Å². The Balaban J connectivity index is 0.863. The minimum Gasteiger partial charge on any atom is -0.490 e. The molecule has 0 N–H and O–H groups in total. The number of hydrogen-bond donors (Lipinski definition) is 0. The van der Waals surface area contributed by atoms with Crippen LogP contribution in [0.15, 0.2) is 36.8 Å². The minimum atomic E-state index is -4.64. The third-order valence-electron chi connectivity index (χ3n) is 11.2. The van der Waals surface area contributed by atoms with Crippen LogP contribution in [0.25, 0.3) is 0 Å². The van der Waals surface area contributed by atoms with Crippen LogP contribution in [0.2, 0.25) is 0 Å². The molecule has 2 aromatic heterocycles. The van der Waals surface area contributed by atoms with E-state index in [4.69, 9.17) is 14.2 Å². The van der Waals surface area contributed by atoms with Gasteiger partial charge in [0.25, 0.3) is 11.8 Å². The summed E-state index contributed by atoms with van der Waals surface area (Å²) in [6, 6.07) is 4.31. The van der Waals surface area contributed by atoms with E-state index in [1.165, 1.54) is 31.8 Å². The molecule has 1 aliphatic carbocycles. The first kappa shape index (κ1) is 35.9. The highest BCUT2D eigenvalue weighted by Gasteiger charge is 2.55. The average Bonchev–Trinajstić information content (AvgIpc) is 3.05. The van der Waals surface area contributed by atoms with Gasteiger partial charge in [0.05, 0.1) is 18.8 Å². The van der Waals surface area contributed by atoms with Crippen molar-refractivity contribution in [3.05, 3.63) is 59.4 Å². The van der Waals surface area contributed by atoms with Crippen LogP contribution < -0.4 is 14.4 Å². The normalized spacial score (nSPS) is 20.7. The van der Waals surface area contributed by atoms with Crippen LogP contribution in [0.3, 0.4) is 0 Å². The number of hydrogen-bond acceptors (Lipinski definition) is 11. The predicted octanol–water partition coefficient (Wildman–Crippen LogP) is 4.74. The topological polar surface area (TPSA) is 109 Å². The van der Waals surface area contributed by atoms with E-state index in [9.17, 15) is 22.4 Å². The number of anilines is 1. The maximum absolute atomic E-state index is 14.3. The molecule has 1 aromatic carbocycles. The highest BCUT2D eigenvalue weighted by Crippen LogP contribution is 2.52. The van der Waals surface area contributed by atoms with Crippen LogP contribution in [0, 0.1) is 16.6 Å². The average molecular weight is 741 g/mol. The van der Waals surface area contributed by atoms with Gasteiger partial charge in [-0.3, -0.25) is 14.7 Å². The molecule has 1 saturated carbocycles. The number of alkyl halides is 3. The number of likely N-dealkylation sites (tertiary alicyclic amines) is 1. The van der Waals surface area contributed by atoms with Crippen molar-refractivity contribution in [2.75, 3.05) is 70.5 Å². The van der Waals surface area contributed by atoms with Gasteiger partial charge >= 0.3 is 6.18 Å². The van der Waals surface area contributed by atoms with Crippen molar-refractivity contribution in [2.24, 2.45) is 10.8 Å². The smallest absolute Gasteiger partial charge is 0.406 e. The first-order chi connectivity index (χ1) is 25.4. The number of nitrogens with zero attached hydrogens (tertiary/aromatic N) is 8. The van der Waals surface area contributed by atoms with Crippen LogP contribution in [0.5, 0.6) is 17.4 Å². The zero-order valence-electron chi connectivity index (χ0n) is 29.9. The molecule has 2 spiro atoms. The molecular formula is C37H44F4N8O4. The van der Waals surface area contributed by atoms with Crippen molar-refractivity contribution in [1.82, 2.24) is 34.9 Å². The van der Waals surface area contributed by atoms with Crippen LogP contribution >= 0.6 is 0 Å². The third-order valence-corrected chi connectivity index (χ3v) is 11.2. The molecule has 16 heteroatoms. The Kier molecular flexibility index (Phi) is 9.42. The lowest BCUT2D eigenvalue weighted by atomic mass is 9.61. The molecule has 6 heterocycles. The predicted molar refractivity (Wildman–Crippen MR) is 184 cm³/mol. The van der Waals surface area contributed by atoms with Gasteiger partial charge in [-0.25, -0.2) is 9.37 Å². The summed E-state index contributed by atoms with van der Waals surface area (Å²) in [7, 11) is 0. The van der Waals surface area contributed by atoms with Gasteiger partial charge in [0, 0.05) is 80.0 Å². The molecule has 0 radical (unpaired) electrons. The fourth-order valence-corrected chi connectivity index (χ4v) is 8.50. The number of carbonyl (C=O) groups excluding carboxylic acids is 1. The largest absolute Gasteiger partial charge is 0.490 e. The third kappa shape index (κ3) is 7.49. The summed E-state index contributed by atoms with van der Waals surface area (Å²) in [6.07, 6.45) is 2.33. The number of benzene rings is 1. The molecule has 0 atom stereocenters. The first-order valence-corrected chi connectivity index (χ1v) is 18.3. The Bertz CT molecular complexity index is 1820. The van der Waals surface area contributed by atoms with E-state index in [2.05, 4.69) is 30.0 Å². The van der Waals surface area contributed by atoms with Crippen molar-refractivity contribution in [3.63, 3.8) is 0 Å². The molecule has 53 heavy (non-hydrogen) atoms. The van der Waals surface area contributed by atoms with E-state index < -0.39 is 30.5 Å². The molecule has 1 amide bonds. The molecule has 284 valence electrons. The van der Waals surface area contributed by atoms with Crippen molar-refractivity contribution in [1.29, 1.82) is 0 Å². The van der Waals surface area contributed by atoms with Crippen LogP contribution in [0.4, 0.5) is 23.4 Å². The molecule has 4 aliphatic heterocycles. The summed E-state index contributed by atoms with van der Waals surface area (Å²) < 4.78 is 72.2. The number of carbonyl (C=O) groups is 1. The molecule has 0 bridgehead atoms. The van der Waals surface area contributed by atoms with Crippen LogP contribution in [-0.4, -0.2) is 125 Å². The molecule has 8 rings (SSSR count). The quantitative estimate of drug-likeness (QED) is 0.241. The van der Waals surface area contributed by atoms with E-state index in [1.807, 2.05) is 17.2 Å². The van der Waals surface area contributed by atoms with E-state index in [0.29, 0.717) is 29.2 Å². The van der Waals surface area contributed by atoms with Gasteiger partial charge in [0.2, 0.25) is 0 Å². The number of amides is 1. The second kappa shape index (κ2) is 13.9. The number of aromatic nitrogens is 4. The van der Waals surface area contributed by atoms with Crippen molar-refractivity contribution < 1.29 is 36.6 Å². The molecule has 12 nitrogen and oxygen atoms in total. The standard InChI is InChI=1S/C37H44F4N8O4/c1-24(2)49(20-37(39,40)41)34(50)27-12-25(38)4-5-30(27)53-33-32(43-23-44-45-33)48-18-35(19-48)13-26(14-35)52-31-6-8-42-29-7-11-46(15-28(29)31)9-3-10-47-16-36(17-47)21-51-22-36/h4-6,8,12,23-24,26H,3,7,9-11,13-22H2,1-2H3. The van der Waals surface area contributed by atoms with Crippen molar-refractivity contribution in [2.45, 2.75) is 64.4 Å². The molecule has 4 fully saturated rings. The zero-order chi connectivity index (χ0) is 37.0. The lowest BCUT2D eigenvalue weighted by Crippen LogP contribution is -2.65. The number of pyridine rings is 1. The van der Waals surface area contributed by atoms with Crippen molar-refractivity contribution >= 4 is 11.7 Å². The monoisotopic (exact) mass is 740 g/mol. The molecular weight excluding hydrogens is 696 g/mol. The van der Waals surface area contributed by atoms with Crippen LogP contribution in [0.1, 0.15) is 54.7 Å². The summed E-state index contributed by atoms with van der Waals surface area (Å²) in [6.45, 7) is 10.9. The number of rotatable bonds is 12. The van der Waals surface area contributed by atoms with E-state index in [1.54, 1.807) is 0 Å². The van der Waals surface area contributed by atoms with Crippen LogP contribution in [-0.2, 0) is 17.7 Å². The number of halogens is 4. The summed E-state index contributed by atoms with van der Waals surface area (Å²) in [5.41, 5.74) is 2.42. The Hall–Kier alpha value is -4.15. The maximum Gasteiger partial charge on any atom is 0.406 e. The maximum atomic E-state index is 14.3. The Labute approximate surface area is 305 Å². The van der Waals surface area contributed by atoms with Gasteiger partial charge < -0.3 is 28.9 Å². The van der Waals surface area contributed by atoms with Gasteiger partial charge in [0.1, 0.15) is 36.3 Å². The number of ether oxygens (including phenoxy) is 3. The highest BCUT2D eigenvalue weighted by atomic mass is 19.4. The fraction of sp³-hybridized carbons (Fsp3) is 0.595. The van der Waals surface area contributed by atoms with E-state index in [0.717, 1.165) is 102 Å². The van der Waals surface area contributed by atoms with Gasteiger partial charge in [-0.2, -0.15) is 13.2 Å². The molecule has 3 saturated heterocycles. The summed E-state index contributed by atoms with van der Waals surface area (Å²) in [5.74, 6) is -0.693. The summed E-state index contributed by atoms with van der Waals surface area (Å²) in [5, 5.41) is 7.91. The molecule has 0 unspecified atom stereocenters. The summed E-state index contributed by atoms with van der Waals surface area (Å²) >= 11 is 0. The lowest BCUT2D eigenvalue weighted by Gasteiger charge is -2.58. The van der Waals surface area contributed by atoms with E-state index in [-0.39, 0.29) is 28.7 Å².